The number of amides is 1. The molecular weight excluding hydrogens is 286 g/mol. The van der Waals surface area contributed by atoms with Gasteiger partial charge in [-0.2, -0.15) is 0 Å². The summed E-state index contributed by atoms with van der Waals surface area (Å²) in [6.45, 7) is 4.03. The molecule has 1 amide bonds. The Morgan fingerprint density at radius 3 is 2.81 bits per heavy atom. The summed E-state index contributed by atoms with van der Waals surface area (Å²) >= 11 is 1.51. The third-order valence-corrected chi connectivity index (χ3v) is 4.48. The van der Waals surface area contributed by atoms with Crippen molar-refractivity contribution in [2.24, 2.45) is 5.92 Å². The lowest BCUT2D eigenvalue weighted by Gasteiger charge is -2.21. The molecule has 0 radical (unpaired) electrons. The Hall–Kier alpha value is -1.66. The van der Waals surface area contributed by atoms with Crippen LogP contribution in [0.2, 0.25) is 0 Å². The van der Waals surface area contributed by atoms with Gasteiger partial charge in [-0.05, 0) is 18.1 Å². The maximum atomic E-state index is 12.0. The van der Waals surface area contributed by atoms with Crippen LogP contribution in [0.4, 0.5) is 0 Å². The summed E-state index contributed by atoms with van der Waals surface area (Å²) in [7, 11) is 0. The van der Waals surface area contributed by atoms with Crippen LogP contribution in [0.1, 0.15) is 26.0 Å². The van der Waals surface area contributed by atoms with Crippen LogP contribution in [0.15, 0.2) is 29.9 Å². The highest BCUT2D eigenvalue weighted by Gasteiger charge is 2.18. The van der Waals surface area contributed by atoms with E-state index in [4.69, 9.17) is 0 Å². The molecule has 0 spiro atoms. The molecule has 21 heavy (non-hydrogen) atoms. The SMILES string of the molecule is CCC(C)C(CO)NC(=O)Cc1csc(-n2cccc2)n1. The van der Waals surface area contributed by atoms with Gasteiger partial charge in [0.25, 0.3) is 0 Å². The Labute approximate surface area is 128 Å². The van der Waals surface area contributed by atoms with Crippen molar-refractivity contribution in [2.75, 3.05) is 6.61 Å². The Bertz CT molecular complexity index is 565. The first-order chi connectivity index (χ1) is 10.1. The van der Waals surface area contributed by atoms with Crippen LogP contribution in [0.5, 0.6) is 0 Å². The largest absolute Gasteiger partial charge is 0.394 e. The van der Waals surface area contributed by atoms with Crippen LogP contribution in [0.3, 0.4) is 0 Å². The van der Waals surface area contributed by atoms with E-state index in [0.29, 0.717) is 0 Å². The summed E-state index contributed by atoms with van der Waals surface area (Å²) in [6, 6.07) is 3.68. The molecule has 0 aliphatic rings. The molecule has 0 saturated heterocycles. The molecule has 5 nitrogen and oxygen atoms in total. The highest BCUT2D eigenvalue weighted by Crippen LogP contribution is 2.15. The zero-order valence-electron chi connectivity index (χ0n) is 12.3. The summed E-state index contributed by atoms with van der Waals surface area (Å²) in [4.78, 5) is 16.5. The molecule has 114 valence electrons. The maximum Gasteiger partial charge on any atom is 0.226 e. The van der Waals surface area contributed by atoms with Gasteiger partial charge in [-0.3, -0.25) is 4.79 Å². The summed E-state index contributed by atoms with van der Waals surface area (Å²) in [5.41, 5.74) is 0.752. The molecule has 0 bridgehead atoms. The number of thiazole rings is 1. The number of nitrogens with zero attached hydrogens (tertiary/aromatic N) is 2. The fourth-order valence-corrected chi connectivity index (χ4v) is 2.82. The van der Waals surface area contributed by atoms with Crippen molar-refractivity contribution in [3.8, 4) is 5.13 Å². The number of nitrogens with one attached hydrogen (secondary N) is 1. The van der Waals surface area contributed by atoms with E-state index in [1.807, 2.05) is 48.3 Å². The number of aliphatic hydroxyl groups is 1. The first-order valence-electron chi connectivity index (χ1n) is 7.12. The van der Waals surface area contributed by atoms with Gasteiger partial charge in [0.15, 0.2) is 5.13 Å². The Morgan fingerprint density at radius 1 is 1.48 bits per heavy atom. The van der Waals surface area contributed by atoms with Crippen LogP contribution >= 0.6 is 11.3 Å². The quantitative estimate of drug-likeness (QED) is 0.822. The fraction of sp³-hybridized carbons (Fsp3) is 0.467. The topological polar surface area (TPSA) is 67.2 Å². The summed E-state index contributed by atoms with van der Waals surface area (Å²) < 4.78 is 1.92. The third kappa shape index (κ3) is 4.15. The predicted octanol–water partition coefficient (Wildman–Crippen LogP) is 2.00. The maximum absolute atomic E-state index is 12.0. The van der Waals surface area contributed by atoms with E-state index in [1.165, 1.54) is 11.3 Å². The third-order valence-electron chi connectivity index (χ3n) is 3.58. The molecule has 6 heteroatoms. The van der Waals surface area contributed by atoms with Gasteiger partial charge in [0.05, 0.1) is 24.8 Å². The fourth-order valence-electron chi connectivity index (χ4n) is 2.03. The molecule has 0 aliphatic heterocycles. The highest BCUT2D eigenvalue weighted by molar-refractivity contribution is 7.12. The molecule has 0 fully saturated rings. The van der Waals surface area contributed by atoms with E-state index in [-0.39, 0.29) is 30.9 Å². The first-order valence-corrected chi connectivity index (χ1v) is 8.00. The molecule has 2 heterocycles. The number of aliphatic hydroxyl groups excluding tert-OH is 1. The number of hydrogen-bond donors (Lipinski definition) is 2. The molecule has 0 aromatic carbocycles. The Balaban J connectivity index is 1.94. The van der Waals surface area contributed by atoms with Crippen LogP contribution < -0.4 is 5.32 Å². The second kappa shape index (κ2) is 7.38. The number of hydrogen-bond acceptors (Lipinski definition) is 4. The molecule has 2 N–H and O–H groups in total. The lowest BCUT2D eigenvalue weighted by atomic mass is 10.00. The van der Waals surface area contributed by atoms with E-state index >= 15 is 0 Å². The zero-order valence-corrected chi connectivity index (χ0v) is 13.1. The minimum Gasteiger partial charge on any atom is -0.394 e. The molecule has 2 unspecified atom stereocenters. The minimum absolute atomic E-state index is 0.0353. The lowest BCUT2D eigenvalue weighted by Crippen LogP contribution is -2.42. The van der Waals surface area contributed by atoms with Gasteiger partial charge in [-0.25, -0.2) is 4.98 Å². The van der Waals surface area contributed by atoms with Gasteiger partial charge in [-0.15, -0.1) is 11.3 Å². The lowest BCUT2D eigenvalue weighted by molar-refractivity contribution is -0.121. The van der Waals surface area contributed by atoms with Gasteiger partial charge in [0.1, 0.15) is 0 Å². The first kappa shape index (κ1) is 15.7. The second-order valence-electron chi connectivity index (χ2n) is 5.13. The number of rotatable bonds is 7. The Morgan fingerprint density at radius 2 is 2.19 bits per heavy atom. The average Bonchev–Trinajstić information content (AvgIpc) is 3.14. The predicted molar refractivity (Wildman–Crippen MR) is 83.6 cm³/mol. The molecule has 2 rings (SSSR count). The molecule has 2 aromatic rings. The Kier molecular flexibility index (Phi) is 5.52. The number of carbonyl (C=O) groups is 1. The summed E-state index contributed by atoms with van der Waals surface area (Å²) in [6.07, 6.45) is 5.01. The molecule has 2 atom stereocenters. The van der Waals surface area contributed by atoms with E-state index in [2.05, 4.69) is 10.3 Å². The second-order valence-corrected chi connectivity index (χ2v) is 5.97. The van der Waals surface area contributed by atoms with Crippen LogP contribution in [-0.4, -0.2) is 33.2 Å². The van der Waals surface area contributed by atoms with Gasteiger partial charge in [-0.1, -0.05) is 20.3 Å². The van der Waals surface area contributed by atoms with E-state index < -0.39 is 0 Å². The minimum atomic E-state index is -0.190. The van der Waals surface area contributed by atoms with E-state index in [0.717, 1.165) is 17.2 Å². The monoisotopic (exact) mass is 307 g/mol. The van der Waals surface area contributed by atoms with Gasteiger partial charge in [0.2, 0.25) is 5.91 Å². The van der Waals surface area contributed by atoms with E-state index in [9.17, 15) is 9.90 Å². The normalized spacial score (nSPS) is 13.9. The summed E-state index contributed by atoms with van der Waals surface area (Å²) in [5, 5.41) is 15.0. The molecular formula is C15H21N3O2S. The van der Waals surface area contributed by atoms with Gasteiger partial charge >= 0.3 is 0 Å². The smallest absolute Gasteiger partial charge is 0.226 e. The highest BCUT2D eigenvalue weighted by atomic mass is 32.1. The van der Waals surface area contributed by atoms with Crippen LogP contribution in [0, 0.1) is 5.92 Å². The average molecular weight is 307 g/mol. The van der Waals surface area contributed by atoms with Crippen molar-refractivity contribution in [1.82, 2.24) is 14.9 Å². The molecule has 2 aromatic heterocycles. The standard InChI is InChI=1S/C15H21N3O2S/c1-3-11(2)13(9-19)17-14(20)8-12-10-21-15(16-12)18-6-4-5-7-18/h4-7,10-11,13,19H,3,8-9H2,1-2H3,(H,17,20). The molecule has 0 aliphatic carbocycles. The van der Waals surface area contributed by atoms with Crippen molar-refractivity contribution >= 4 is 17.2 Å². The molecule has 0 saturated carbocycles. The van der Waals surface area contributed by atoms with Crippen molar-refractivity contribution in [2.45, 2.75) is 32.7 Å². The number of carbonyl (C=O) groups excluding carboxylic acids is 1. The van der Waals surface area contributed by atoms with Gasteiger partial charge < -0.3 is 15.0 Å². The van der Waals surface area contributed by atoms with Crippen molar-refractivity contribution < 1.29 is 9.90 Å². The number of aromatic nitrogens is 2. The van der Waals surface area contributed by atoms with Crippen molar-refractivity contribution in [1.29, 1.82) is 0 Å². The van der Waals surface area contributed by atoms with Crippen molar-refractivity contribution in [3.63, 3.8) is 0 Å². The van der Waals surface area contributed by atoms with E-state index in [1.54, 1.807) is 0 Å². The summed E-state index contributed by atoms with van der Waals surface area (Å²) in [5.74, 6) is 0.156. The van der Waals surface area contributed by atoms with Crippen LogP contribution in [0.25, 0.3) is 5.13 Å². The van der Waals surface area contributed by atoms with Crippen molar-refractivity contribution in [3.05, 3.63) is 35.6 Å². The van der Waals surface area contributed by atoms with Crippen LogP contribution in [-0.2, 0) is 11.2 Å². The van der Waals surface area contributed by atoms with Gasteiger partial charge in [0, 0.05) is 17.8 Å². The zero-order chi connectivity index (χ0) is 15.2.